The van der Waals surface area contributed by atoms with Crippen molar-refractivity contribution in [2.24, 2.45) is 11.3 Å². The van der Waals surface area contributed by atoms with E-state index >= 15 is 0 Å². The number of likely N-dealkylation sites (tertiary alicyclic amines) is 1. The Morgan fingerprint density at radius 3 is 2.12 bits per heavy atom. The van der Waals surface area contributed by atoms with E-state index in [1.807, 2.05) is 0 Å². The predicted octanol–water partition coefficient (Wildman–Crippen LogP) is 3.31. The highest BCUT2D eigenvalue weighted by Gasteiger charge is 2.39. The van der Waals surface area contributed by atoms with Crippen LogP contribution in [-0.2, 0) is 4.74 Å². The van der Waals surface area contributed by atoms with Gasteiger partial charge in [0.25, 0.3) is 0 Å². The van der Waals surface area contributed by atoms with E-state index < -0.39 is 0 Å². The molecule has 1 unspecified atom stereocenters. The first-order valence-corrected chi connectivity index (χ1v) is 7.38. The van der Waals surface area contributed by atoms with E-state index in [1.165, 1.54) is 38.8 Å². The van der Waals surface area contributed by atoms with Gasteiger partial charge < -0.3 is 9.64 Å². The minimum atomic E-state index is 0.517. The van der Waals surface area contributed by atoms with Crippen molar-refractivity contribution in [2.45, 2.75) is 65.5 Å². The zero-order valence-corrected chi connectivity index (χ0v) is 12.0. The molecule has 0 bridgehead atoms. The lowest BCUT2D eigenvalue weighted by atomic mass is 9.72. The van der Waals surface area contributed by atoms with Crippen LogP contribution in [0.4, 0.5) is 0 Å². The van der Waals surface area contributed by atoms with Gasteiger partial charge in [-0.3, -0.25) is 0 Å². The molecule has 0 aromatic rings. The first kappa shape index (κ1) is 13.4. The summed E-state index contributed by atoms with van der Waals surface area (Å²) in [6.45, 7) is 12.7. The molecule has 0 aliphatic carbocycles. The second kappa shape index (κ2) is 5.27. The maximum absolute atomic E-state index is 6.11. The molecule has 2 saturated heterocycles. The molecule has 100 valence electrons. The molecular formula is C15H29NO. The van der Waals surface area contributed by atoms with Gasteiger partial charge in [0.1, 0.15) is 0 Å². The molecule has 2 rings (SSSR count). The molecule has 1 atom stereocenters. The molecule has 0 aromatic heterocycles. The first-order chi connectivity index (χ1) is 8.02. The van der Waals surface area contributed by atoms with Gasteiger partial charge in [0, 0.05) is 6.04 Å². The number of rotatable bonds is 2. The predicted molar refractivity (Wildman–Crippen MR) is 72.2 cm³/mol. The smallest absolute Gasteiger partial charge is 0.0598 e. The van der Waals surface area contributed by atoms with Crippen LogP contribution >= 0.6 is 0 Å². The Kier molecular flexibility index (Phi) is 4.14. The van der Waals surface area contributed by atoms with Gasteiger partial charge in [0.15, 0.2) is 0 Å². The second-order valence-electron chi connectivity index (χ2n) is 6.76. The summed E-state index contributed by atoms with van der Waals surface area (Å²) in [6.07, 6.45) is 5.87. The maximum Gasteiger partial charge on any atom is 0.0598 e. The van der Waals surface area contributed by atoms with Crippen LogP contribution in [0.3, 0.4) is 0 Å². The minimum Gasteiger partial charge on any atom is -0.377 e. The highest BCUT2D eigenvalue weighted by atomic mass is 16.5. The summed E-state index contributed by atoms with van der Waals surface area (Å²) in [6, 6.07) is 0.709. The van der Waals surface area contributed by atoms with Crippen LogP contribution in [0, 0.1) is 11.3 Å². The molecule has 0 radical (unpaired) electrons. The summed E-state index contributed by atoms with van der Waals surface area (Å²) in [4.78, 5) is 2.61. The summed E-state index contributed by atoms with van der Waals surface area (Å²) in [5, 5.41) is 0. The Morgan fingerprint density at radius 1 is 1.06 bits per heavy atom. The third-order valence-corrected chi connectivity index (χ3v) is 4.90. The molecule has 0 amide bonds. The fraction of sp³-hybridized carbons (Fsp3) is 1.00. The summed E-state index contributed by atoms with van der Waals surface area (Å²) in [7, 11) is 0. The molecule has 2 nitrogen and oxygen atoms in total. The van der Waals surface area contributed by atoms with Crippen molar-refractivity contribution in [1.82, 2.24) is 4.90 Å². The van der Waals surface area contributed by atoms with E-state index in [0.717, 1.165) is 6.61 Å². The number of hydrogen-bond donors (Lipinski definition) is 0. The van der Waals surface area contributed by atoms with E-state index in [0.29, 0.717) is 23.5 Å². The molecule has 2 fully saturated rings. The van der Waals surface area contributed by atoms with E-state index in [1.54, 1.807) is 0 Å². The van der Waals surface area contributed by atoms with Crippen molar-refractivity contribution in [2.75, 3.05) is 19.7 Å². The van der Waals surface area contributed by atoms with Crippen LogP contribution in [-0.4, -0.2) is 36.7 Å². The SMILES string of the molecule is CC(C)C1CCC2(CCN(C(C)C)CC2)CO1. The van der Waals surface area contributed by atoms with Gasteiger partial charge in [0.05, 0.1) is 12.7 Å². The summed E-state index contributed by atoms with van der Waals surface area (Å²) in [5.74, 6) is 0.683. The van der Waals surface area contributed by atoms with Gasteiger partial charge >= 0.3 is 0 Å². The average molecular weight is 239 g/mol. The zero-order chi connectivity index (χ0) is 12.5. The molecule has 0 aromatic carbocycles. The third kappa shape index (κ3) is 3.03. The van der Waals surface area contributed by atoms with Crippen LogP contribution in [0.1, 0.15) is 53.4 Å². The van der Waals surface area contributed by atoms with Crippen LogP contribution in [0.5, 0.6) is 0 Å². The quantitative estimate of drug-likeness (QED) is 0.733. The fourth-order valence-electron chi connectivity index (χ4n) is 3.32. The summed E-state index contributed by atoms with van der Waals surface area (Å²) < 4.78 is 6.11. The van der Waals surface area contributed by atoms with Crippen LogP contribution < -0.4 is 0 Å². The second-order valence-corrected chi connectivity index (χ2v) is 6.76. The molecule has 0 saturated carbocycles. The van der Waals surface area contributed by atoms with Crippen molar-refractivity contribution in [3.05, 3.63) is 0 Å². The van der Waals surface area contributed by atoms with Crippen molar-refractivity contribution < 1.29 is 4.74 Å². The molecule has 2 heterocycles. The lowest BCUT2D eigenvalue weighted by Gasteiger charge is -2.47. The zero-order valence-electron chi connectivity index (χ0n) is 12.0. The van der Waals surface area contributed by atoms with Gasteiger partial charge in [-0.15, -0.1) is 0 Å². The van der Waals surface area contributed by atoms with Crippen LogP contribution in [0.15, 0.2) is 0 Å². The molecule has 2 aliphatic heterocycles. The highest BCUT2D eigenvalue weighted by molar-refractivity contribution is 4.90. The third-order valence-electron chi connectivity index (χ3n) is 4.90. The average Bonchev–Trinajstić information content (AvgIpc) is 2.30. The van der Waals surface area contributed by atoms with Gasteiger partial charge in [-0.25, -0.2) is 0 Å². The van der Waals surface area contributed by atoms with Gasteiger partial charge in [-0.1, -0.05) is 13.8 Å². The summed E-state index contributed by atoms with van der Waals surface area (Å²) in [5.41, 5.74) is 0.525. The topological polar surface area (TPSA) is 12.5 Å². The number of ether oxygens (including phenoxy) is 1. The Morgan fingerprint density at radius 2 is 1.71 bits per heavy atom. The van der Waals surface area contributed by atoms with E-state index in [9.17, 15) is 0 Å². The maximum atomic E-state index is 6.11. The molecule has 1 spiro atoms. The van der Waals surface area contributed by atoms with Gasteiger partial charge in [-0.05, 0) is 64.0 Å². The molecule has 2 aliphatic rings. The monoisotopic (exact) mass is 239 g/mol. The van der Waals surface area contributed by atoms with Crippen LogP contribution in [0.2, 0.25) is 0 Å². The largest absolute Gasteiger partial charge is 0.377 e. The van der Waals surface area contributed by atoms with Gasteiger partial charge in [0.2, 0.25) is 0 Å². The minimum absolute atomic E-state index is 0.517. The highest BCUT2D eigenvalue weighted by Crippen LogP contribution is 2.41. The standard InChI is InChI=1S/C15H29NO/c1-12(2)14-5-6-15(11-17-14)7-9-16(10-8-15)13(3)4/h12-14H,5-11H2,1-4H3. The Bertz CT molecular complexity index is 204. The number of nitrogens with zero attached hydrogens (tertiary/aromatic N) is 1. The normalized spacial score (nSPS) is 30.4. The molecular weight excluding hydrogens is 210 g/mol. The first-order valence-electron chi connectivity index (χ1n) is 7.38. The van der Waals surface area contributed by atoms with Gasteiger partial charge in [-0.2, -0.15) is 0 Å². The lowest BCUT2D eigenvalue weighted by Crippen LogP contribution is -2.48. The molecule has 2 heteroatoms. The fourth-order valence-corrected chi connectivity index (χ4v) is 3.32. The Balaban J connectivity index is 1.84. The number of piperidine rings is 1. The molecule has 0 N–H and O–H groups in total. The van der Waals surface area contributed by atoms with Crippen LogP contribution in [0.25, 0.3) is 0 Å². The van der Waals surface area contributed by atoms with E-state index in [-0.39, 0.29) is 0 Å². The Hall–Kier alpha value is -0.0800. The van der Waals surface area contributed by atoms with Crippen molar-refractivity contribution in [3.63, 3.8) is 0 Å². The lowest BCUT2D eigenvalue weighted by molar-refractivity contribution is -0.102. The van der Waals surface area contributed by atoms with Crippen molar-refractivity contribution >= 4 is 0 Å². The molecule has 17 heavy (non-hydrogen) atoms. The van der Waals surface area contributed by atoms with E-state index in [4.69, 9.17) is 4.74 Å². The number of hydrogen-bond acceptors (Lipinski definition) is 2. The summed E-state index contributed by atoms with van der Waals surface area (Å²) >= 11 is 0. The van der Waals surface area contributed by atoms with Crippen molar-refractivity contribution in [3.8, 4) is 0 Å². The van der Waals surface area contributed by atoms with Crippen molar-refractivity contribution in [1.29, 1.82) is 0 Å². The Labute approximate surface area is 107 Å². The van der Waals surface area contributed by atoms with E-state index in [2.05, 4.69) is 32.6 Å².